The van der Waals surface area contributed by atoms with Gasteiger partial charge in [0.1, 0.15) is 0 Å². The third kappa shape index (κ3) is 2.05. The predicted octanol–water partition coefficient (Wildman–Crippen LogP) is 2.92. The summed E-state index contributed by atoms with van der Waals surface area (Å²) in [5, 5.41) is 0. The van der Waals surface area contributed by atoms with E-state index in [0.29, 0.717) is 0 Å². The molecule has 0 heteroatoms. The summed E-state index contributed by atoms with van der Waals surface area (Å²) in [6.45, 7) is 4.32. The molecule has 1 unspecified atom stereocenters. The van der Waals surface area contributed by atoms with E-state index in [1.165, 1.54) is 18.4 Å². The van der Waals surface area contributed by atoms with Crippen LogP contribution in [-0.4, -0.2) is 0 Å². The topological polar surface area (TPSA) is 0 Å². The Hall–Kier alpha value is -0.520. The Morgan fingerprint density at radius 3 is 2.78 bits per heavy atom. The summed E-state index contributed by atoms with van der Waals surface area (Å²) in [5.74, 6) is 0.745. The first kappa shape index (κ1) is 6.60. The smallest absolute Gasteiger partial charge is 0.00481 e. The molecule has 0 bridgehead atoms. The molecule has 1 rings (SSSR count). The minimum Gasteiger partial charge on any atom is -0.0879 e. The lowest BCUT2D eigenvalue weighted by Crippen LogP contribution is -1.84. The van der Waals surface area contributed by atoms with Crippen LogP contribution in [0.5, 0.6) is 0 Å². The number of rotatable bonds is 1. The zero-order valence-corrected chi connectivity index (χ0v) is 6.22. The second-order valence-corrected chi connectivity index (χ2v) is 2.91. The van der Waals surface area contributed by atoms with Crippen molar-refractivity contribution in [2.45, 2.75) is 26.7 Å². The van der Waals surface area contributed by atoms with E-state index in [9.17, 15) is 0 Å². The molecule has 0 nitrogen and oxygen atoms in total. The average Bonchev–Trinajstić information content (AvgIpc) is 2.15. The molecule has 50 valence electrons. The van der Waals surface area contributed by atoms with Crippen molar-refractivity contribution < 1.29 is 0 Å². The minimum atomic E-state index is 0.745. The lowest BCUT2D eigenvalue weighted by molar-refractivity contribution is 0.766. The van der Waals surface area contributed by atoms with Crippen molar-refractivity contribution in [3.05, 3.63) is 23.8 Å². The van der Waals surface area contributed by atoms with Crippen LogP contribution in [0.3, 0.4) is 0 Å². The number of hydrogen-bond acceptors (Lipinski definition) is 0. The molecular weight excluding hydrogens is 108 g/mol. The fraction of sp³-hybridized carbons (Fsp3) is 0.556. The molecular formula is C9H14. The Labute approximate surface area is 57.3 Å². The van der Waals surface area contributed by atoms with Crippen molar-refractivity contribution in [3.63, 3.8) is 0 Å². The first-order valence-corrected chi connectivity index (χ1v) is 3.61. The highest BCUT2D eigenvalue weighted by molar-refractivity contribution is 5.09. The van der Waals surface area contributed by atoms with Gasteiger partial charge in [-0.25, -0.2) is 0 Å². The van der Waals surface area contributed by atoms with E-state index < -0.39 is 0 Å². The van der Waals surface area contributed by atoms with Crippen LogP contribution in [0.4, 0.5) is 0 Å². The highest BCUT2D eigenvalue weighted by Gasteiger charge is 2.03. The largest absolute Gasteiger partial charge is 0.0879 e. The second-order valence-electron chi connectivity index (χ2n) is 2.91. The fourth-order valence-corrected chi connectivity index (χ4v) is 1.22. The summed E-state index contributed by atoms with van der Waals surface area (Å²) < 4.78 is 0. The van der Waals surface area contributed by atoms with Gasteiger partial charge >= 0.3 is 0 Å². The molecule has 0 aromatic heterocycles. The van der Waals surface area contributed by atoms with Crippen LogP contribution < -0.4 is 0 Å². The van der Waals surface area contributed by atoms with Crippen molar-refractivity contribution in [1.82, 2.24) is 0 Å². The first-order valence-electron chi connectivity index (χ1n) is 3.61. The van der Waals surface area contributed by atoms with Gasteiger partial charge < -0.3 is 0 Å². The van der Waals surface area contributed by atoms with Crippen LogP contribution in [0.2, 0.25) is 0 Å². The van der Waals surface area contributed by atoms with E-state index in [1.54, 1.807) is 0 Å². The SMILES string of the molecule is CC(C)=CC1C=CCC1. The zero-order valence-electron chi connectivity index (χ0n) is 6.22. The minimum absolute atomic E-state index is 0.745. The molecule has 0 radical (unpaired) electrons. The maximum atomic E-state index is 2.34. The van der Waals surface area contributed by atoms with Gasteiger partial charge in [-0.05, 0) is 32.6 Å². The normalized spacial score (nSPS) is 24.4. The van der Waals surface area contributed by atoms with Gasteiger partial charge in [0.25, 0.3) is 0 Å². The van der Waals surface area contributed by atoms with Crippen LogP contribution in [0.1, 0.15) is 26.7 Å². The van der Waals surface area contributed by atoms with Gasteiger partial charge in [0.05, 0.1) is 0 Å². The Bertz CT molecular complexity index is 136. The van der Waals surface area contributed by atoms with Crippen molar-refractivity contribution >= 4 is 0 Å². The molecule has 0 heterocycles. The molecule has 0 saturated carbocycles. The van der Waals surface area contributed by atoms with Gasteiger partial charge in [-0.15, -0.1) is 0 Å². The van der Waals surface area contributed by atoms with Crippen LogP contribution in [0.15, 0.2) is 23.8 Å². The molecule has 1 aliphatic carbocycles. The zero-order chi connectivity index (χ0) is 6.69. The van der Waals surface area contributed by atoms with E-state index in [1.807, 2.05) is 0 Å². The molecule has 9 heavy (non-hydrogen) atoms. The van der Waals surface area contributed by atoms with E-state index in [4.69, 9.17) is 0 Å². The van der Waals surface area contributed by atoms with E-state index in [0.717, 1.165) is 5.92 Å². The number of hydrogen-bond donors (Lipinski definition) is 0. The summed E-state index contributed by atoms with van der Waals surface area (Å²) >= 11 is 0. The Morgan fingerprint density at radius 1 is 1.56 bits per heavy atom. The van der Waals surface area contributed by atoms with Crippen molar-refractivity contribution in [1.29, 1.82) is 0 Å². The van der Waals surface area contributed by atoms with Gasteiger partial charge in [-0.2, -0.15) is 0 Å². The highest BCUT2D eigenvalue weighted by atomic mass is 14.1. The summed E-state index contributed by atoms with van der Waals surface area (Å²) in [5.41, 5.74) is 1.44. The molecule has 1 aliphatic rings. The average molecular weight is 122 g/mol. The van der Waals surface area contributed by atoms with E-state index in [2.05, 4.69) is 32.1 Å². The Balaban J connectivity index is 2.45. The summed E-state index contributed by atoms with van der Waals surface area (Å²) in [7, 11) is 0. The fourth-order valence-electron chi connectivity index (χ4n) is 1.22. The quantitative estimate of drug-likeness (QED) is 0.469. The maximum Gasteiger partial charge on any atom is -0.00481 e. The Morgan fingerprint density at radius 2 is 2.33 bits per heavy atom. The molecule has 0 N–H and O–H groups in total. The summed E-state index contributed by atoms with van der Waals surface area (Å²) in [4.78, 5) is 0. The standard InChI is InChI=1S/C9H14/c1-8(2)7-9-5-3-4-6-9/h3,5,7,9H,4,6H2,1-2H3. The third-order valence-electron chi connectivity index (χ3n) is 1.60. The predicted molar refractivity (Wildman–Crippen MR) is 41.3 cm³/mol. The monoisotopic (exact) mass is 122 g/mol. The second kappa shape index (κ2) is 2.86. The van der Waals surface area contributed by atoms with Gasteiger partial charge in [0.15, 0.2) is 0 Å². The molecule has 0 aromatic rings. The van der Waals surface area contributed by atoms with E-state index >= 15 is 0 Å². The van der Waals surface area contributed by atoms with Gasteiger partial charge in [0, 0.05) is 0 Å². The molecule has 0 aliphatic heterocycles. The van der Waals surface area contributed by atoms with Crippen LogP contribution in [-0.2, 0) is 0 Å². The maximum absolute atomic E-state index is 2.34. The molecule has 0 fully saturated rings. The van der Waals surface area contributed by atoms with Gasteiger partial charge in [0.2, 0.25) is 0 Å². The first-order chi connectivity index (χ1) is 4.29. The van der Waals surface area contributed by atoms with Gasteiger partial charge in [-0.1, -0.05) is 23.8 Å². The molecule has 1 atom stereocenters. The highest BCUT2D eigenvalue weighted by Crippen LogP contribution is 2.19. The molecule has 0 amide bonds. The van der Waals surface area contributed by atoms with Crippen LogP contribution in [0, 0.1) is 5.92 Å². The van der Waals surface area contributed by atoms with Crippen LogP contribution in [0.25, 0.3) is 0 Å². The van der Waals surface area contributed by atoms with E-state index in [-0.39, 0.29) is 0 Å². The summed E-state index contributed by atoms with van der Waals surface area (Å²) in [6.07, 6.45) is 9.50. The third-order valence-corrected chi connectivity index (χ3v) is 1.60. The van der Waals surface area contributed by atoms with Gasteiger partial charge in [-0.3, -0.25) is 0 Å². The molecule has 0 aromatic carbocycles. The lowest BCUT2D eigenvalue weighted by atomic mass is 10.1. The van der Waals surface area contributed by atoms with Crippen molar-refractivity contribution in [3.8, 4) is 0 Å². The van der Waals surface area contributed by atoms with Crippen molar-refractivity contribution in [2.75, 3.05) is 0 Å². The summed E-state index contributed by atoms with van der Waals surface area (Å²) in [6, 6.07) is 0. The number of allylic oxidation sites excluding steroid dienone is 4. The van der Waals surface area contributed by atoms with Crippen molar-refractivity contribution in [2.24, 2.45) is 5.92 Å². The van der Waals surface area contributed by atoms with Crippen LogP contribution >= 0.6 is 0 Å². The molecule has 0 spiro atoms. The Kier molecular flexibility index (Phi) is 2.10. The molecule has 0 saturated heterocycles. The lowest BCUT2D eigenvalue weighted by Gasteiger charge is -1.98.